The summed E-state index contributed by atoms with van der Waals surface area (Å²) >= 11 is 0. The van der Waals surface area contributed by atoms with Gasteiger partial charge in [0.1, 0.15) is 0 Å². The third kappa shape index (κ3) is 14.8. The van der Waals surface area contributed by atoms with E-state index >= 15 is 0 Å². The molecule has 77 valence electrons. The molecule has 0 aliphatic carbocycles. The van der Waals surface area contributed by atoms with Crippen LogP contribution in [-0.4, -0.2) is 5.97 Å². The molecule has 0 bridgehead atoms. The Labute approximate surface area is 91.6 Å². The fraction of sp³-hybridized carbons (Fsp3) is 0.900. The van der Waals surface area contributed by atoms with Gasteiger partial charge in [0.15, 0.2) is 0 Å². The molecule has 2 nitrogen and oxygen atoms in total. The minimum Gasteiger partial charge on any atom is -0.550 e. The number of carbonyl (C=O) groups excluding carboxylic acids is 1. The molecule has 0 saturated carbocycles. The minimum atomic E-state index is -0.913. The first-order valence-corrected chi connectivity index (χ1v) is 4.97. The normalized spacial score (nSPS) is 9.31. The van der Waals surface area contributed by atoms with Gasteiger partial charge in [-0.2, -0.15) is 0 Å². The van der Waals surface area contributed by atoms with Gasteiger partial charge in [0.05, 0.1) is 0 Å². The zero-order chi connectivity index (χ0) is 9.23. The fourth-order valence-corrected chi connectivity index (χ4v) is 1.23. The van der Waals surface area contributed by atoms with Crippen molar-refractivity contribution in [2.45, 2.75) is 58.3 Å². The third-order valence-corrected chi connectivity index (χ3v) is 1.98. The van der Waals surface area contributed by atoms with E-state index in [4.69, 9.17) is 0 Å². The van der Waals surface area contributed by atoms with Crippen molar-refractivity contribution < 1.29 is 27.0 Å². The van der Waals surface area contributed by atoms with Crippen molar-refractivity contribution in [2.75, 3.05) is 0 Å². The Morgan fingerprint density at radius 3 is 1.92 bits per heavy atom. The van der Waals surface area contributed by atoms with Crippen LogP contribution in [0.1, 0.15) is 58.3 Å². The molecule has 0 aliphatic heterocycles. The van der Waals surface area contributed by atoms with E-state index in [0.29, 0.717) is 0 Å². The maximum absolute atomic E-state index is 10.0. The first kappa shape index (κ1) is 15.5. The summed E-state index contributed by atoms with van der Waals surface area (Å²) in [5.74, 6) is -0.913. The van der Waals surface area contributed by atoms with Crippen LogP contribution in [-0.2, 0) is 21.9 Å². The Kier molecular flexibility index (Phi) is 14.3. The van der Waals surface area contributed by atoms with Crippen molar-refractivity contribution in [3.63, 3.8) is 0 Å². The van der Waals surface area contributed by atoms with Crippen LogP contribution in [0.25, 0.3) is 0 Å². The van der Waals surface area contributed by atoms with Crippen molar-refractivity contribution in [1.82, 2.24) is 0 Å². The summed E-state index contributed by atoms with van der Waals surface area (Å²) in [6, 6.07) is 0. The monoisotopic (exact) mass is 227 g/mol. The second kappa shape index (κ2) is 12.0. The maximum Gasteiger partial charge on any atom is 3.00 e. The molecule has 0 aliphatic rings. The number of hydrogen-bond acceptors (Lipinski definition) is 2. The summed E-state index contributed by atoms with van der Waals surface area (Å²) in [6.45, 7) is 2.19. The molecule has 0 fully saturated rings. The van der Waals surface area contributed by atoms with Crippen molar-refractivity contribution in [1.29, 1.82) is 0 Å². The number of carboxylic acid groups (broad SMARTS) is 1. The molecule has 13 heavy (non-hydrogen) atoms. The Morgan fingerprint density at radius 2 is 1.46 bits per heavy atom. The Bertz CT molecular complexity index is 115. The first-order chi connectivity index (χ1) is 5.77. The molecular formula is C10H19FeO2+2. The molecule has 0 aromatic rings. The summed E-state index contributed by atoms with van der Waals surface area (Å²) in [5, 5.41) is 10.0. The van der Waals surface area contributed by atoms with E-state index in [2.05, 4.69) is 6.92 Å². The van der Waals surface area contributed by atoms with Gasteiger partial charge >= 0.3 is 17.1 Å². The van der Waals surface area contributed by atoms with Crippen molar-refractivity contribution in [3.05, 3.63) is 0 Å². The molecule has 0 spiro atoms. The van der Waals surface area contributed by atoms with Gasteiger partial charge in [-0.1, -0.05) is 45.4 Å². The van der Waals surface area contributed by atoms with Gasteiger partial charge in [-0.15, -0.1) is 0 Å². The van der Waals surface area contributed by atoms with Gasteiger partial charge < -0.3 is 9.90 Å². The molecule has 0 rings (SSSR count). The predicted octanol–water partition coefficient (Wildman–Crippen LogP) is 1.87. The largest absolute Gasteiger partial charge is 3.00 e. The molecule has 0 aromatic carbocycles. The molecule has 1 radical (unpaired) electrons. The summed E-state index contributed by atoms with van der Waals surface area (Å²) in [7, 11) is 0. The van der Waals surface area contributed by atoms with E-state index in [9.17, 15) is 9.90 Å². The molecule has 0 unspecified atom stereocenters. The average Bonchev–Trinajstić information content (AvgIpc) is 2.02. The molecule has 0 aromatic heterocycles. The average molecular weight is 227 g/mol. The van der Waals surface area contributed by atoms with Crippen LogP contribution in [0.4, 0.5) is 0 Å². The predicted molar refractivity (Wildman–Crippen MR) is 47.6 cm³/mol. The van der Waals surface area contributed by atoms with Gasteiger partial charge in [-0.25, -0.2) is 0 Å². The van der Waals surface area contributed by atoms with Gasteiger partial charge in [0.2, 0.25) is 0 Å². The molecule has 0 amide bonds. The molecule has 0 N–H and O–H groups in total. The van der Waals surface area contributed by atoms with Crippen molar-refractivity contribution in [2.24, 2.45) is 0 Å². The van der Waals surface area contributed by atoms with Crippen LogP contribution >= 0.6 is 0 Å². The standard InChI is InChI=1S/C10H20O2.Fe/c1-2-3-4-5-6-7-8-9-10(11)12;/h2-9H2,1H3,(H,11,12);/q;+3/p-1. The number of carbonyl (C=O) groups is 1. The van der Waals surface area contributed by atoms with Gasteiger partial charge in [-0.05, 0) is 12.8 Å². The molecule has 0 heterocycles. The summed E-state index contributed by atoms with van der Waals surface area (Å²) in [6.07, 6.45) is 8.34. The van der Waals surface area contributed by atoms with E-state index in [0.717, 1.165) is 12.8 Å². The molecule has 0 atom stereocenters. The molecular weight excluding hydrogens is 208 g/mol. The number of unbranched alkanes of at least 4 members (excludes halogenated alkanes) is 6. The van der Waals surface area contributed by atoms with Crippen LogP contribution < -0.4 is 5.11 Å². The Morgan fingerprint density at radius 1 is 1.00 bits per heavy atom. The number of hydrogen-bond donors (Lipinski definition) is 0. The van der Waals surface area contributed by atoms with Crippen LogP contribution in [0.3, 0.4) is 0 Å². The van der Waals surface area contributed by atoms with Gasteiger partial charge in [0, 0.05) is 5.97 Å². The topological polar surface area (TPSA) is 40.1 Å². The van der Waals surface area contributed by atoms with Crippen LogP contribution in [0.5, 0.6) is 0 Å². The Balaban J connectivity index is 0. The van der Waals surface area contributed by atoms with Gasteiger partial charge in [-0.3, -0.25) is 0 Å². The van der Waals surface area contributed by atoms with Crippen molar-refractivity contribution >= 4 is 5.97 Å². The SMILES string of the molecule is CCCCCCCCCC(=O)[O-].[Fe+3]. The quantitative estimate of drug-likeness (QED) is 0.469. The first-order valence-electron chi connectivity index (χ1n) is 4.97. The second-order valence-electron chi connectivity index (χ2n) is 3.24. The van der Waals surface area contributed by atoms with E-state index in [1.165, 1.54) is 32.1 Å². The smallest absolute Gasteiger partial charge is 0.550 e. The third-order valence-electron chi connectivity index (χ3n) is 1.98. The van der Waals surface area contributed by atoms with E-state index in [1.807, 2.05) is 0 Å². The van der Waals surface area contributed by atoms with Gasteiger partial charge in [0.25, 0.3) is 0 Å². The molecule has 3 heteroatoms. The minimum absolute atomic E-state index is 0. The van der Waals surface area contributed by atoms with E-state index in [-0.39, 0.29) is 23.5 Å². The van der Waals surface area contributed by atoms with E-state index < -0.39 is 5.97 Å². The van der Waals surface area contributed by atoms with Crippen LogP contribution in [0, 0.1) is 0 Å². The second-order valence-corrected chi connectivity index (χ2v) is 3.24. The molecule has 0 saturated heterocycles. The summed E-state index contributed by atoms with van der Waals surface area (Å²) in [4.78, 5) is 10.0. The fourth-order valence-electron chi connectivity index (χ4n) is 1.23. The zero-order valence-electron chi connectivity index (χ0n) is 8.33. The maximum atomic E-state index is 10.0. The van der Waals surface area contributed by atoms with Crippen LogP contribution in [0.2, 0.25) is 0 Å². The summed E-state index contributed by atoms with van der Waals surface area (Å²) < 4.78 is 0. The summed E-state index contributed by atoms with van der Waals surface area (Å²) in [5.41, 5.74) is 0. The van der Waals surface area contributed by atoms with E-state index in [1.54, 1.807) is 0 Å². The number of carboxylic acids is 1. The number of rotatable bonds is 8. The zero-order valence-corrected chi connectivity index (χ0v) is 9.43. The Hall–Kier alpha value is -0.0105. The number of aliphatic carboxylic acids is 1. The van der Waals surface area contributed by atoms with Crippen molar-refractivity contribution in [3.8, 4) is 0 Å². The van der Waals surface area contributed by atoms with Crippen LogP contribution in [0.15, 0.2) is 0 Å².